The maximum atomic E-state index is 10.2. The number of likely N-dealkylation sites (tertiary alicyclic amines) is 1. The van der Waals surface area contributed by atoms with E-state index in [1.54, 1.807) is 7.11 Å². The molecule has 2 aromatic carbocycles. The first-order valence-corrected chi connectivity index (χ1v) is 12.0. The van der Waals surface area contributed by atoms with Crippen molar-refractivity contribution < 1.29 is 19.3 Å². The van der Waals surface area contributed by atoms with Gasteiger partial charge in [0.1, 0.15) is 6.61 Å². The zero-order chi connectivity index (χ0) is 22.2. The van der Waals surface area contributed by atoms with Crippen molar-refractivity contribution in [1.29, 1.82) is 0 Å². The topological polar surface area (TPSA) is 51.2 Å². The smallest absolute Gasteiger partial charge is 0.161 e. The molecule has 4 rings (SSSR count). The predicted octanol–water partition coefficient (Wildman–Crippen LogP) is 4.81. The fourth-order valence-corrected chi connectivity index (χ4v) is 4.99. The summed E-state index contributed by atoms with van der Waals surface area (Å²) in [5, 5.41) is 10.2. The average molecular weight is 440 g/mol. The minimum Gasteiger partial charge on any atom is -0.493 e. The van der Waals surface area contributed by atoms with Gasteiger partial charge in [-0.25, -0.2) is 0 Å². The first-order chi connectivity index (χ1) is 15.7. The molecule has 0 aliphatic carbocycles. The molecule has 0 saturated carbocycles. The molecular formula is C27H37NO4. The number of rotatable bonds is 9. The van der Waals surface area contributed by atoms with Crippen molar-refractivity contribution in [1.82, 2.24) is 4.90 Å². The van der Waals surface area contributed by atoms with E-state index < -0.39 is 0 Å². The third-order valence-electron chi connectivity index (χ3n) is 7.06. The highest BCUT2D eigenvalue weighted by Crippen LogP contribution is 2.39. The monoisotopic (exact) mass is 439 g/mol. The second-order valence-electron chi connectivity index (χ2n) is 9.39. The van der Waals surface area contributed by atoms with E-state index in [1.165, 1.54) is 18.4 Å². The fraction of sp³-hybridized carbons (Fsp3) is 0.556. The molecule has 1 atom stereocenters. The largest absolute Gasteiger partial charge is 0.493 e. The second kappa shape index (κ2) is 11.2. The Balaban J connectivity index is 1.31. The van der Waals surface area contributed by atoms with Crippen molar-refractivity contribution in [3.63, 3.8) is 0 Å². The van der Waals surface area contributed by atoms with Gasteiger partial charge in [-0.2, -0.15) is 0 Å². The summed E-state index contributed by atoms with van der Waals surface area (Å²) >= 11 is 0. The zero-order valence-electron chi connectivity index (χ0n) is 19.3. The van der Waals surface area contributed by atoms with E-state index >= 15 is 0 Å². The van der Waals surface area contributed by atoms with Crippen LogP contribution in [0.4, 0.5) is 0 Å². The Morgan fingerprint density at radius 1 is 1.03 bits per heavy atom. The number of hydrogen-bond acceptors (Lipinski definition) is 5. The van der Waals surface area contributed by atoms with Gasteiger partial charge in [0.2, 0.25) is 0 Å². The molecule has 5 nitrogen and oxygen atoms in total. The van der Waals surface area contributed by atoms with Crippen molar-refractivity contribution in [3.8, 4) is 11.5 Å². The molecular weight excluding hydrogens is 402 g/mol. The van der Waals surface area contributed by atoms with Gasteiger partial charge in [0.15, 0.2) is 11.5 Å². The van der Waals surface area contributed by atoms with Crippen molar-refractivity contribution in [2.75, 3.05) is 33.4 Å². The first kappa shape index (κ1) is 23.1. The number of methoxy groups -OCH3 is 1. The molecule has 0 radical (unpaired) electrons. The highest BCUT2D eigenvalue weighted by atomic mass is 16.5. The maximum Gasteiger partial charge on any atom is 0.161 e. The van der Waals surface area contributed by atoms with Crippen LogP contribution in [0.15, 0.2) is 48.5 Å². The Morgan fingerprint density at radius 2 is 1.84 bits per heavy atom. The Labute approximate surface area is 192 Å². The van der Waals surface area contributed by atoms with E-state index in [0.29, 0.717) is 12.7 Å². The lowest BCUT2D eigenvalue weighted by Gasteiger charge is -2.43. The molecule has 5 heteroatoms. The van der Waals surface area contributed by atoms with Gasteiger partial charge in [-0.3, -0.25) is 4.90 Å². The van der Waals surface area contributed by atoms with Crippen molar-refractivity contribution in [3.05, 3.63) is 59.7 Å². The van der Waals surface area contributed by atoms with Crippen LogP contribution in [-0.2, 0) is 17.9 Å². The Bertz CT molecular complexity index is 827. The molecule has 2 fully saturated rings. The summed E-state index contributed by atoms with van der Waals surface area (Å²) in [6.45, 7) is 4.56. The van der Waals surface area contributed by atoms with Crippen LogP contribution in [0.2, 0.25) is 0 Å². The van der Waals surface area contributed by atoms with Crippen LogP contribution in [0.5, 0.6) is 11.5 Å². The molecule has 2 aromatic rings. The van der Waals surface area contributed by atoms with E-state index in [1.807, 2.05) is 24.3 Å². The predicted molar refractivity (Wildman–Crippen MR) is 126 cm³/mol. The normalized spacial score (nSPS) is 21.2. The Hall–Kier alpha value is -2.08. The van der Waals surface area contributed by atoms with Crippen LogP contribution in [0.25, 0.3) is 0 Å². The molecule has 1 N–H and O–H groups in total. The number of piperidine rings is 1. The van der Waals surface area contributed by atoms with Crippen molar-refractivity contribution >= 4 is 0 Å². The highest BCUT2D eigenvalue weighted by molar-refractivity contribution is 5.43. The van der Waals surface area contributed by atoms with Gasteiger partial charge in [-0.1, -0.05) is 36.4 Å². The zero-order valence-corrected chi connectivity index (χ0v) is 19.3. The molecule has 2 saturated heterocycles. The number of hydrogen-bond donors (Lipinski definition) is 1. The van der Waals surface area contributed by atoms with E-state index in [9.17, 15) is 5.11 Å². The summed E-state index contributed by atoms with van der Waals surface area (Å²) in [6, 6.07) is 16.4. The molecule has 0 amide bonds. The standard InChI is InChI=1S/C27H37NO4/c1-30-26-17-23(10-11-25(26)32-20-22-7-3-2-4-8-22)19-28-14-12-27(21-29,13-15-28)18-24-9-5-6-16-31-24/h2-4,7-8,10-11,17,24,29H,5-6,9,12-16,18-21H2,1H3/t24-/m0/s1. The lowest BCUT2D eigenvalue weighted by molar-refractivity contribution is -0.0486. The molecule has 0 aromatic heterocycles. The van der Waals surface area contributed by atoms with E-state index in [4.69, 9.17) is 14.2 Å². The van der Waals surface area contributed by atoms with Gasteiger partial charge < -0.3 is 19.3 Å². The van der Waals surface area contributed by atoms with E-state index in [-0.39, 0.29) is 12.0 Å². The molecule has 2 aliphatic rings. The minimum atomic E-state index is 0.0192. The molecule has 32 heavy (non-hydrogen) atoms. The van der Waals surface area contributed by atoms with Crippen molar-refractivity contribution in [2.24, 2.45) is 5.41 Å². The van der Waals surface area contributed by atoms with Gasteiger partial charge in [0, 0.05) is 19.8 Å². The maximum absolute atomic E-state index is 10.2. The Kier molecular flexibility index (Phi) is 8.06. The summed E-state index contributed by atoms with van der Waals surface area (Å²) < 4.78 is 17.6. The van der Waals surface area contributed by atoms with E-state index in [0.717, 1.165) is 69.0 Å². The SMILES string of the molecule is COc1cc(CN2CCC(CO)(C[C@@H]3CCCCO3)CC2)ccc1OCc1ccccc1. The third-order valence-corrected chi connectivity index (χ3v) is 7.06. The number of aliphatic hydroxyl groups is 1. The quantitative estimate of drug-likeness (QED) is 0.608. The van der Waals surface area contributed by atoms with Crippen LogP contribution in [-0.4, -0.2) is 49.5 Å². The summed E-state index contributed by atoms with van der Waals surface area (Å²) in [6.07, 6.45) is 6.96. The molecule has 0 bridgehead atoms. The fourth-order valence-electron chi connectivity index (χ4n) is 4.99. The molecule has 0 unspecified atom stereocenters. The minimum absolute atomic E-state index is 0.0192. The summed E-state index contributed by atoms with van der Waals surface area (Å²) in [5.74, 6) is 1.54. The van der Waals surface area contributed by atoms with Gasteiger partial charge in [0.25, 0.3) is 0 Å². The van der Waals surface area contributed by atoms with Crippen LogP contribution in [0, 0.1) is 5.41 Å². The Morgan fingerprint density at radius 3 is 2.53 bits per heavy atom. The van der Waals surface area contributed by atoms with E-state index in [2.05, 4.69) is 29.2 Å². The molecule has 2 heterocycles. The molecule has 174 valence electrons. The number of benzene rings is 2. The number of ether oxygens (including phenoxy) is 3. The second-order valence-corrected chi connectivity index (χ2v) is 9.39. The summed E-state index contributed by atoms with van der Waals surface area (Å²) in [4.78, 5) is 2.48. The lowest BCUT2D eigenvalue weighted by atomic mass is 9.74. The third kappa shape index (κ3) is 6.03. The van der Waals surface area contributed by atoms with Gasteiger partial charge in [-0.15, -0.1) is 0 Å². The van der Waals surface area contributed by atoms with Crippen LogP contribution < -0.4 is 9.47 Å². The van der Waals surface area contributed by atoms with Gasteiger partial charge in [0.05, 0.1) is 13.2 Å². The van der Waals surface area contributed by atoms with Crippen molar-refractivity contribution in [2.45, 2.75) is 57.8 Å². The number of nitrogens with zero attached hydrogens (tertiary/aromatic N) is 1. The lowest BCUT2D eigenvalue weighted by Crippen LogP contribution is -2.44. The van der Waals surface area contributed by atoms with Gasteiger partial charge >= 0.3 is 0 Å². The average Bonchev–Trinajstić information content (AvgIpc) is 2.85. The van der Waals surface area contributed by atoms with Gasteiger partial charge in [-0.05, 0) is 80.3 Å². The first-order valence-electron chi connectivity index (χ1n) is 12.0. The highest BCUT2D eigenvalue weighted by Gasteiger charge is 2.37. The number of aliphatic hydroxyl groups excluding tert-OH is 1. The molecule has 2 aliphatic heterocycles. The van der Waals surface area contributed by atoms with Crippen LogP contribution >= 0.6 is 0 Å². The summed E-state index contributed by atoms with van der Waals surface area (Å²) in [5.41, 5.74) is 2.38. The van der Waals surface area contributed by atoms with Crippen LogP contribution in [0.1, 0.15) is 49.7 Å². The van der Waals surface area contributed by atoms with Crippen LogP contribution in [0.3, 0.4) is 0 Å². The molecule has 0 spiro atoms. The summed E-state index contributed by atoms with van der Waals surface area (Å²) in [7, 11) is 1.69.